The Morgan fingerprint density at radius 2 is 1.77 bits per heavy atom. The number of oxazole rings is 1. The van der Waals surface area contributed by atoms with Gasteiger partial charge in [-0.15, -0.1) is 0 Å². The van der Waals surface area contributed by atoms with Crippen LogP contribution in [0.3, 0.4) is 0 Å². The largest absolute Gasteiger partial charge is 0.440 e. The lowest BCUT2D eigenvalue weighted by Gasteiger charge is -2.05. The highest BCUT2D eigenvalue weighted by Crippen LogP contribution is 2.26. The smallest absolute Gasteiger partial charge is 0.346 e. The van der Waals surface area contributed by atoms with E-state index in [0.717, 1.165) is 16.3 Å². The Morgan fingerprint density at radius 1 is 1.00 bits per heavy atom. The van der Waals surface area contributed by atoms with E-state index in [1.165, 1.54) is 6.92 Å². The van der Waals surface area contributed by atoms with Crippen LogP contribution in [-0.2, 0) is 16.0 Å². The van der Waals surface area contributed by atoms with Gasteiger partial charge in [-0.1, -0.05) is 48.5 Å². The molecule has 0 aliphatic heterocycles. The average Bonchev–Trinajstić information content (AvgIpc) is 3.04. The van der Waals surface area contributed by atoms with E-state index >= 15 is 0 Å². The quantitative estimate of drug-likeness (QED) is 0.409. The van der Waals surface area contributed by atoms with E-state index in [2.05, 4.69) is 4.98 Å². The number of esters is 2. The molecule has 0 N–H and O–H groups in total. The molecule has 0 spiro atoms. The van der Waals surface area contributed by atoms with Crippen molar-refractivity contribution in [3.63, 3.8) is 0 Å². The molecule has 0 radical (unpaired) electrons. The van der Waals surface area contributed by atoms with Gasteiger partial charge in [0, 0.05) is 12.3 Å². The second-order valence-electron chi connectivity index (χ2n) is 5.96. The van der Waals surface area contributed by atoms with E-state index in [9.17, 15) is 9.59 Å². The Kier molecular flexibility index (Phi) is 3.97. The molecule has 0 saturated carbocycles. The normalized spacial score (nSPS) is 11.0. The lowest BCUT2D eigenvalue weighted by molar-refractivity contribution is -0.135. The zero-order valence-electron chi connectivity index (χ0n) is 14.1. The molecular weight excluding hydrogens is 330 g/mol. The lowest BCUT2D eigenvalue weighted by atomic mass is 10.0. The Balaban J connectivity index is 1.73. The zero-order chi connectivity index (χ0) is 18.1. The van der Waals surface area contributed by atoms with Crippen molar-refractivity contribution in [1.29, 1.82) is 0 Å². The minimum Gasteiger partial charge on any atom is -0.440 e. The van der Waals surface area contributed by atoms with E-state index in [1.807, 2.05) is 42.5 Å². The molecule has 26 heavy (non-hydrogen) atoms. The monoisotopic (exact) mass is 345 g/mol. The number of nitrogens with zero attached hydrogens (tertiary/aromatic N) is 1. The van der Waals surface area contributed by atoms with Crippen molar-refractivity contribution in [3.05, 3.63) is 77.7 Å². The molecule has 5 nitrogen and oxygen atoms in total. The Morgan fingerprint density at radius 3 is 2.62 bits per heavy atom. The van der Waals surface area contributed by atoms with E-state index in [-0.39, 0.29) is 0 Å². The van der Waals surface area contributed by atoms with Gasteiger partial charge in [0.2, 0.25) is 0 Å². The fraction of sp³-hybridized carbons (Fsp3) is 0.0952. The fourth-order valence-electron chi connectivity index (χ4n) is 3.00. The number of ether oxygens (including phenoxy) is 1. The molecule has 0 atom stereocenters. The van der Waals surface area contributed by atoms with E-state index in [4.69, 9.17) is 9.15 Å². The summed E-state index contributed by atoms with van der Waals surface area (Å²) in [4.78, 5) is 27.8. The molecule has 0 unspecified atom stereocenters. The third-order valence-corrected chi connectivity index (χ3v) is 4.14. The summed E-state index contributed by atoms with van der Waals surface area (Å²) in [7, 11) is 0. The number of hydrogen-bond acceptors (Lipinski definition) is 5. The number of carbonyl (C=O) groups excluding carboxylic acids is 2. The van der Waals surface area contributed by atoms with Crippen molar-refractivity contribution >= 4 is 33.8 Å². The first-order chi connectivity index (χ1) is 12.6. The van der Waals surface area contributed by atoms with Crippen LogP contribution in [0.4, 0.5) is 0 Å². The number of benzene rings is 3. The molecule has 0 fully saturated rings. The molecule has 4 rings (SSSR count). The molecule has 0 saturated heterocycles. The number of carbonyl (C=O) groups is 2. The summed E-state index contributed by atoms with van der Waals surface area (Å²) in [5, 5.41) is 2.11. The third kappa shape index (κ3) is 2.95. The van der Waals surface area contributed by atoms with E-state index in [0.29, 0.717) is 29.0 Å². The van der Waals surface area contributed by atoms with Gasteiger partial charge in [-0.25, -0.2) is 9.78 Å². The van der Waals surface area contributed by atoms with Crippen LogP contribution in [0.2, 0.25) is 0 Å². The van der Waals surface area contributed by atoms with Crippen LogP contribution in [0.1, 0.15) is 28.7 Å². The van der Waals surface area contributed by atoms with Crippen molar-refractivity contribution in [2.75, 3.05) is 0 Å². The van der Waals surface area contributed by atoms with Crippen molar-refractivity contribution in [2.45, 2.75) is 13.3 Å². The van der Waals surface area contributed by atoms with Crippen molar-refractivity contribution in [3.8, 4) is 0 Å². The minimum absolute atomic E-state index is 0.326. The summed E-state index contributed by atoms with van der Waals surface area (Å²) in [5.74, 6) is -0.813. The van der Waals surface area contributed by atoms with Crippen LogP contribution in [-0.4, -0.2) is 16.9 Å². The maximum Gasteiger partial charge on any atom is 0.346 e. The van der Waals surface area contributed by atoms with Crippen LogP contribution < -0.4 is 0 Å². The third-order valence-electron chi connectivity index (χ3n) is 4.14. The van der Waals surface area contributed by atoms with Crippen molar-refractivity contribution in [2.24, 2.45) is 0 Å². The molecule has 3 aromatic carbocycles. The summed E-state index contributed by atoms with van der Waals surface area (Å²) < 4.78 is 10.6. The highest BCUT2D eigenvalue weighted by molar-refractivity contribution is 6.03. The zero-order valence-corrected chi connectivity index (χ0v) is 14.1. The molecule has 1 aromatic heterocycles. The molecule has 128 valence electrons. The molecule has 0 bridgehead atoms. The van der Waals surface area contributed by atoms with E-state index < -0.39 is 11.9 Å². The second kappa shape index (κ2) is 6.44. The van der Waals surface area contributed by atoms with Gasteiger partial charge in [-0.3, -0.25) is 4.79 Å². The number of aromatic nitrogens is 1. The van der Waals surface area contributed by atoms with Gasteiger partial charge in [0.25, 0.3) is 0 Å². The maximum absolute atomic E-state index is 12.1. The van der Waals surface area contributed by atoms with Crippen LogP contribution in [0.5, 0.6) is 0 Å². The molecule has 1 heterocycles. The van der Waals surface area contributed by atoms with Gasteiger partial charge < -0.3 is 9.15 Å². The van der Waals surface area contributed by atoms with Gasteiger partial charge in [0.1, 0.15) is 5.52 Å². The van der Waals surface area contributed by atoms with Gasteiger partial charge in [-0.2, -0.15) is 0 Å². The first-order valence-electron chi connectivity index (χ1n) is 8.19. The van der Waals surface area contributed by atoms with Crippen LogP contribution in [0.15, 0.2) is 65.1 Å². The van der Waals surface area contributed by atoms with Crippen LogP contribution >= 0.6 is 0 Å². The first kappa shape index (κ1) is 16.0. The SMILES string of the molecule is CC(=O)OC(=O)c1ccccc1Cc1nc2c(ccc3ccccc32)o1. The number of hydrogen-bond donors (Lipinski definition) is 0. The molecule has 4 aromatic rings. The lowest BCUT2D eigenvalue weighted by Crippen LogP contribution is -2.11. The second-order valence-corrected chi connectivity index (χ2v) is 5.96. The summed E-state index contributed by atoms with van der Waals surface area (Å²) in [5.41, 5.74) is 2.51. The van der Waals surface area contributed by atoms with Gasteiger partial charge in [-0.05, 0) is 23.1 Å². The highest BCUT2D eigenvalue weighted by atomic mass is 16.6. The minimum atomic E-state index is -0.672. The summed E-state index contributed by atoms with van der Waals surface area (Å²) in [6.07, 6.45) is 0.326. The predicted octanol–water partition coefficient (Wildman–Crippen LogP) is 4.28. The Hall–Kier alpha value is -3.47. The molecular formula is C21H15NO4. The average molecular weight is 345 g/mol. The van der Waals surface area contributed by atoms with Crippen molar-refractivity contribution < 1.29 is 18.7 Å². The van der Waals surface area contributed by atoms with Gasteiger partial charge in [0.15, 0.2) is 11.5 Å². The fourth-order valence-corrected chi connectivity index (χ4v) is 3.00. The first-order valence-corrected chi connectivity index (χ1v) is 8.19. The summed E-state index contributed by atoms with van der Waals surface area (Å²) in [6.45, 7) is 1.20. The summed E-state index contributed by atoms with van der Waals surface area (Å²) >= 11 is 0. The summed E-state index contributed by atoms with van der Waals surface area (Å²) in [6, 6.07) is 18.8. The highest BCUT2D eigenvalue weighted by Gasteiger charge is 2.17. The molecule has 0 amide bonds. The number of fused-ring (bicyclic) bond motifs is 3. The topological polar surface area (TPSA) is 69.4 Å². The molecule has 5 heteroatoms. The molecule has 0 aliphatic rings. The standard InChI is InChI=1S/C21H15NO4/c1-13(23)25-21(24)17-9-5-3-7-15(17)12-19-22-20-16-8-4-2-6-14(16)10-11-18(20)26-19/h2-11H,12H2,1H3. The van der Waals surface area contributed by atoms with Crippen LogP contribution in [0, 0.1) is 0 Å². The predicted molar refractivity (Wildman–Crippen MR) is 96.9 cm³/mol. The van der Waals surface area contributed by atoms with Crippen molar-refractivity contribution in [1.82, 2.24) is 4.98 Å². The van der Waals surface area contributed by atoms with Gasteiger partial charge in [0.05, 0.1) is 12.0 Å². The Bertz CT molecular complexity index is 1140. The Labute approximate surface area is 149 Å². The van der Waals surface area contributed by atoms with Crippen LogP contribution in [0.25, 0.3) is 21.9 Å². The maximum atomic E-state index is 12.1. The van der Waals surface area contributed by atoms with E-state index in [1.54, 1.807) is 18.2 Å². The number of rotatable bonds is 3. The van der Waals surface area contributed by atoms with Gasteiger partial charge >= 0.3 is 11.9 Å². The molecule has 0 aliphatic carbocycles.